The van der Waals surface area contributed by atoms with Crippen LogP contribution in [0, 0.1) is 6.92 Å². The Morgan fingerprint density at radius 1 is 1.25 bits per heavy atom. The highest BCUT2D eigenvalue weighted by molar-refractivity contribution is 9.10. The summed E-state index contributed by atoms with van der Waals surface area (Å²) in [5, 5.41) is 4.45. The molecular formula is C19H18BrN3O. The predicted molar refractivity (Wildman–Crippen MR) is 97.2 cm³/mol. The lowest BCUT2D eigenvalue weighted by atomic mass is 9.92. The molecule has 3 heterocycles. The van der Waals surface area contributed by atoms with E-state index < -0.39 is 0 Å². The quantitative estimate of drug-likeness (QED) is 0.632. The minimum Gasteiger partial charge on any atom is -0.330 e. The van der Waals surface area contributed by atoms with E-state index in [0.29, 0.717) is 5.69 Å². The van der Waals surface area contributed by atoms with Gasteiger partial charge in [0.2, 0.25) is 0 Å². The molecule has 0 radical (unpaired) electrons. The second-order valence-corrected chi connectivity index (χ2v) is 7.29. The van der Waals surface area contributed by atoms with Gasteiger partial charge in [0.1, 0.15) is 0 Å². The maximum atomic E-state index is 13.0. The fourth-order valence-corrected chi connectivity index (χ4v) is 3.75. The number of rotatable bonds is 1. The Hall–Kier alpha value is -2.14. The molecule has 24 heavy (non-hydrogen) atoms. The molecule has 0 fully saturated rings. The zero-order chi connectivity index (χ0) is 16.8. The van der Waals surface area contributed by atoms with Crippen LogP contribution >= 0.6 is 15.9 Å². The van der Waals surface area contributed by atoms with Gasteiger partial charge in [0.05, 0.1) is 11.6 Å². The third-order valence-electron chi connectivity index (χ3n) is 4.74. The van der Waals surface area contributed by atoms with E-state index in [1.165, 1.54) is 16.7 Å². The number of halogens is 1. The maximum Gasteiger partial charge on any atom is 0.274 e. The van der Waals surface area contributed by atoms with Gasteiger partial charge < -0.3 is 4.90 Å². The van der Waals surface area contributed by atoms with Gasteiger partial charge in [0, 0.05) is 17.2 Å². The molecule has 1 aromatic carbocycles. The van der Waals surface area contributed by atoms with Crippen LogP contribution < -0.4 is 0 Å². The lowest BCUT2D eigenvalue weighted by Crippen LogP contribution is -2.39. The van der Waals surface area contributed by atoms with Crippen LogP contribution in [0.2, 0.25) is 0 Å². The Bertz CT molecular complexity index is 947. The number of amides is 1. The lowest BCUT2D eigenvalue weighted by molar-refractivity contribution is 0.0671. The molecule has 0 saturated carbocycles. The summed E-state index contributed by atoms with van der Waals surface area (Å²) in [7, 11) is 0. The van der Waals surface area contributed by atoms with Crippen molar-refractivity contribution in [2.75, 3.05) is 6.54 Å². The van der Waals surface area contributed by atoms with Gasteiger partial charge in [-0.1, -0.05) is 23.8 Å². The second-order valence-electron chi connectivity index (χ2n) is 6.37. The molecule has 1 atom stereocenters. The fraction of sp³-hybridized carbons (Fsp3) is 0.263. The highest BCUT2D eigenvalue weighted by atomic mass is 79.9. The fourth-order valence-electron chi connectivity index (χ4n) is 3.42. The van der Waals surface area contributed by atoms with E-state index in [0.717, 1.165) is 23.0 Å². The third-order valence-corrected chi connectivity index (χ3v) is 5.21. The van der Waals surface area contributed by atoms with Crippen molar-refractivity contribution in [2.45, 2.75) is 26.3 Å². The van der Waals surface area contributed by atoms with Crippen LogP contribution in [0.3, 0.4) is 0 Å². The van der Waals surface area contributed by atoms with Crippen LogP contribution in [-0.2, 0) is 6.42 Å². The van der Waals surface area contributed by atoms with E-state index in [1.807, 2.05) is 29.3 Å². The number of pyridine rings is 1. The van der Waals surface area contributed by atoms with Crippen molar-refractivity contribution in [3.05, 3.63) is 69.5 Å². The largest absolute Gasteiger partial charge is 0.330 e. The summed E-state index contributed by atoms with van der Waals surface area (Å²) >= 11 is 3.43. The number of fused-ring (bicyclic) bond motifs is 2. The van der Waals surface area contributed by atoms with E-state index in [1.54, 1.807) is 4.52 Å². The molecule has 4 rings (SSSR count). The minimum absolute atomic E-state index is 0.00511. The standard InChI is InChI=1S/C19H18BrN3O/c1-12-3-4-14-7-8-22(13(2)17(14)9-12)19(24)18-10-16-6-5-15(20)11-23(16)21-18/h3-6,9-11,13H,7-8H2,1-2H3. The molecule has 2 aromatic heterocycles. The van der Waals surface area contributed by atoms with Gasteiger partial charge in [-0.15, -0.1) is 0 Å². The van der Waals surface area contributed by atoms with E-state index in [9.17, 15) is 4.79 Å². The van der Waals surface area contributed by atoms with Crippen LogP contribution in [0.5, 0.6) is 0 Å². The van der Waals surface area contributed by atoms with Gasteiger partial charge >= 0.3 is 0 Å². The first-order valence-electron chi connectivity index (χ1n) is 8.08. The Morgan fingerprint density at radius 2 is 2.08 bits per heavy atom. The zero-order valence-electron chi connectivity index (χ0n) is 13.7. The van der Waals surface area contributed by atoms with Crippen molar-refractivity contribution in [1.82, 2.24) is 14.5 Å². The number of hydrogen-bond acceptors (Lipinski definition) is 2. The van der Waals surface area contributed by atoms with Crippen molar-refractivity contribution in [2.24, 2.45) is 0 Å². The van der Waals surface area contributed by atoms with Crippen molar-refractivity contribution in [3.8, 4) is 0 Å². The third kappa shape index (κ3) is 2.53. The summed E-state index contributed by atoms with van der Waals surface area (Å²) in [6.45, 7) is 4.92. The number of carbonyl (C=O) groups is 1. The number of hydrogen-bond donors (Lipinski definition) is 0. The number of benzene rings is 1. The van der Waals surface area contributed by atoms with Gasteiger partial charge in [-0.05, 0) is 65.5 Å². The summed E-state index contributed by atoms with van der Waals surface area (Å²) in [6, 6.07) is 12.3. The first-order chi connectivity index (χ1) is 11.5. The van der Waals surface area contributed by atoms with Gasteiger partial charge in [-0.3, -0.25) is 4.79 Å². The molecular weight excluding hydrogens is 366 g/mol. The predicted octanol–water partition coefficient (Wildman–Crippen LogP) is 4.16. The first-order valence-corrected chi connectivity index (χ1v) is 8.87. The molecule has 0 bridgehead atoms. The smallest absolute Gasteiger partial charge is 0.274 e. The Morgan fingerprint density at radius 3 is 2.92 bits per heavy atom. The highest BCUT2D eigenvalue weighted by Gasteiger charge is 2.29. The molecule has 122 valence electrons. The summed E-state index contributed by atoms with van der Waals surface area (Å²) in [6.07, 6.45) is 2.76. The van der Waals surface area contributed by atoms with Crippen molar-refractivity contribution in [1.29, 1.82) is 0 Å². The first kappa shape index (κ1) is 15.4. The minimum atomic E-state index is -0.00511. The Labute approximate surface area is 149 Å². The Balaban J connectivity index is 1.68. The topological polar surface area (TPSA) is 37.6 Å². The summed E-state index contributed by atoms with van der Waals surface area (Å²) in [5.41, 5.74) is 5.24. The van der Waals surface area contributed by atoms with Crippen molar-refractivity contribution in [3.63, 3.8) is 0 Å². The van der Waals surface area contributed by atoms with Gasteiger partial charge in [0.15, 0.2) is 5.69 Å². The van der Waals surface area contributed by atoms with Crippen molar-refractivity contribution >= 4 is 27.4 Å². The van der Waals surface area contributed by atoms with E-state index in [2.05, 4.69) is 53.1 Å². The number of aromatic nitrogens is 2. The average molecular weight is 384 g/mol. The molecule has 0 aliphatic carbocycles. The van der Waals surface area contributed by atoms with Gasteiger partial charge in [0.25, 0.3) is 5.91 Å². The lowest BCUT2D eigenvalue weighted by Gasteiger charge is -2.35. The summed E-state index contributed by atoms with van der Waals surface area (Å²) in [5.74, 6) is -0.00511. The normalized spacial score (nSPS) is 17.1. The molecule has 3 aromatic rings. The maximum absolute atomic E-state index is 13.0. The molecule has 1 aliphatic rings. The number of aryl methyl sites for hydroxylation is 1. The molecule has 1 unspecified atom stereocenters. The molecule has 1 amide bonds. The van der Waals surface area contributed by atoms with E-state index in [-0.39, 0.29) is 11.9 Å². The molecule has 0 spiro atoms. The average Bonchev–Trinajstić information content (AvgIpc) is 2.98. The van der Waals surface area contributed by atoms with Gasteiger partial charge in [-0.25, -0.2) is 4.52 Å². The summed E-state index contributed by atoms with van der Waals surface area (Å²) < 4.78 is 2.68. The van der Waals surface area contributed by atoms with E-state index in [4.69, 9.17) is 0 Å². The van der Waals surface area contributed by atoms with Crippen LogP contribution in [0.1, 0.15) is 40.1 Å². The SMILES string of the molecule is Cc1ccc2c(c1)C(C)N(C(=O)c1cc3ccc(Br)cn3n1)CC2. The van der Waals surface area contributed by atoms with Crippen molar-refractivity contribution < 1.29 is 4.79 Å². The number of nitrogens with zero attached hydrogens (tertiary/aromatic N) is 3. The highest BCUT2D eigenvalue weighted by Crippen LogP contribution is 2.31. The molecule has 0 N–H and O–H groups in total. The molecule has 0 saturated heterocycles. The zero-order valence-corrected chi connectivity index (χ0v) is 15.2. The summed E-state index contributed by atoms with van der Waals surface area (Å²) in [4.78, 5) is 14.9. The molecule has 4 nitrogen and oxygen atoms in total. The number of carbonyl (C=O) groups excluding carboxylic acids is 1. The Kier molecular flexibility index (Phi) is 3.68. The van der Waals surface area contributed by atoms with Crippen LogP contribution in [0.15, 0.2) is 47.1 Å². The van der Waals surface area contributed by atoms with Crippen LogP contribution in [0.4, 0.5) is 0 Å². The molecule has 1 aliphatic heterocycles. The van der Waals surface area contributed by atoms with E-state index >= 15 is 0 Å². The second kappa shape index (κ2) is 5.74. The van der Waals surface area contributed by atoms with Crippen LogP contribution in [0.25, 0.3) is 5.52 Å². The van der Waals surface area contributed by atoms with Crippen LogP contribution in [-0.4, -0.2) is 27.0 Å². The van der Waals surface area contributed by atoms with Gasteiger partial charge in [-0.2, -0.15) is 5.10 Å². The molecule has 5 heteroatoms. The monoisotopic (exact) mass is 383 g/mol.